The number of hydrogen-bond acceptors (Lipinski definition) is 8. The van der Waals surface area contributed by atoms with Gasteiger partial charge in [-0.1, -0.05) is 12.1 Å². The van der Waals surface area contributed by atoms with Crippen molar-refractivity contribution >= 4 is 28.6 Å². The minimum absolute atomic E-state index is 0.144. The molecule has 1 fully saturated rings. The second-order valence-corrected chi connectivity index (χ2v) is 9.29. The van der Waals surface area contributed by atoms with Gasteiger partial charge in [0.05, 0.1) is 13.3 Å². The number of piperidine rings is 1. The van der Waals surface area contributed by atoms with E-state index < -0.39 is 0 Å². The highest BCUT2D eigenvalue weighted by molar-refractivity contribution is 5.93. The molecule has 10 heteroatoms. The number of amides is 1. The summed E-state index contributed by atoms with van der Waals surface area (Å²) in [7, 11) is 1.60. The minimum Gasteiger partial charge on any atom is -0.494 e. The number of hydrogen-bond donors (Lipinski definition) is 1. The summed E-state index contributed by atoms with van der Waals surface area (Å²) in [6, 6.07) is 11.7. The van der Waals surface area contributed by atoms with Crippen LogP contribution in [0.3, 0.4) is 0 Å². The first-order valence-electron chi connectivity index (χ1n) is 12.2. The van der Waals surface area contributed by atoms with Crippen molar-refractivity contribution in [1.82, 2.24) is 24.7 Å². The number of fused-ring (bicyclic) bond motifs is 1. The average molecular weight is 497 g/mol. The molecule has 0 bridgehead atoms. The molecule has 188 valence electrons. The van der Waals surface area contributed by atoms with E-state index in [1.165, 1.54) is 10.9 Å². The van der Waals surface area contributed by atoms with Crippen molar-refractivity contribution in [2.24, 2.45) is 5.92 Å². The van der Waals surface area contributed by atoms with Gasteiger partial charge in [-0.05, 0) is 57.4 Å². The highest BCUT2D eigenvalue weighted by atomic mass is 16.5. The Morgan fingerprint density at radius 3 is 2.51 bits per heavy atom. The van der Waals surface area contributed by atoms with E-state index >= 15 is 0 Å². The number of carbonyl (C=O) groups excluding carboxylic acids is 1. The van der Waals surface area contributed by atoms with Crippen LogP contribution in [-0.2, 0) is 4.79 Å². The van der Waals surface area contributed by atoms with Crippen molar-refractivity contribution < 1.29 is 9.53 Å². The second-order valence-electron chi connectivity index (χ2n) is 9.29. The number of ether oxygens (including phenoxy) is 1. The number of nitrogens with zero attached hydrogens (tertiary/aromatic N) is 7. The lowest BCUT2D eigenvalue weighted by Crippen LogP contribution is -2.39. The molecule has 5 rings (SSSR count). The van der Waals surface area contributed by atoms with Crippen LogP contribution in [0.2, 0.25) is 0 Å². The van der Waals surface area contributed by atoms with Crippen LogP contribution < -0.4 is 15.0 Å². The number of aromatic nitrogens is 5. The number of benzene rings is 1. The summed E-state index contributed by atoms with van der Waals surface area (Å²) in [4.78, 5) is 29.3. The standard InChI is InChI=1S/C27H28N8O2/c1-16-12-23(32-24-21(16)6-5-7-22(24)37-4)35-25(20(14-28)15-29-35)33-26(36)19-8-10-34(11-9-19)27-30-17(2)13-18(3)31-27/h5-7,12-13,15,19H,8-11H2,1-4H3,(H,33,36). The number of para-hydroxylation sites is 1. The van der Waals surface area contributed by atoms with E-state index in [4.69, 9.17) is 9.72 Å². The van der Waals surface area contributed by atoms with Crippen LogP contribution in [0.15, 0.2) is 36.5 Å². The van der Waals surface area contributed by atoms with Crippen LogP contribution in [0, 0.1) is 38.0 Å². The van der Waals surface area contributed by atoms with E-state index in [1.54, 1.807) is 7.11 Å². The van der Waals surface area contributed by atoms with Crippen molar-refractivity contribution in [3.8, 4) is 17.6 Å². The number of nitriles is 1. The Bertz CT molecular complexity index is 1510. The fraction of sp³-hybridized carbons (Fsp3) is 0.333. The number of methoxy groups -OCH3 is 1. The first kappa shape index (κ1) is 24.2. The largest absolute Gasteiger partial charge is 0.494 e. The molecular formula is C27H28N8O2. The number of pyridine rings is 1. The summed E-state index contributed by atoms with van der Waals surface area (Å²) < 4.78 is 7.01. The molecule has 10 nitrogen and oxygen atoms in total. The van der Waals surface area contributed by atoms with Crippen molar-refractivity contribution in [2.45, 2.75) is 33.6 Å². The first-order valence-corrected chi connectivity index (χ1v) is 12.2. The molecule has 1 N–H and O–H groups in total. The molecule has 4 heterocycles. The maximum atomic E-state index is 13.3. The van der Waals surface area contributed by atoms with Crippen LogP contribution in [0.5, 0.6) is 5.75 Å². The van der Waals surface area contributed by atoms with Crippen molar-refractivity contribution in [3.05, 3.63) is 59.0 Å². The predicted molar refractivity (Wildman–Crippen MR) is 140 cm³/mol. The minimum atomic E-state index is -0.205. The van der Waals surface area contributed by atoms with Gasteiger partial charge in [-0.3, -0.25) is 4.79 Å². The van der Waals surface area contributed by atoms with E-state index in [0.717, 1.165) is 22.3 Å². The molecule has 1 aliphatic heterocycles. The lowest BCUT2D eigenvalue weighted by Gasteiger charge is -2.31. The third-order valence-electron chi connectivity index (χ3n) is 6.68. The molecule has 1 amide bonds. The Hall–Kier alpha value is -4.52. The van der Waals surface area contributed by atoms with Crippen LogP contribution in [-0.4, -0.2) is 50.8 Å². The topological polar surface area (TPSA) is 122 Å². The summed E-state index contributed by atoms with van der Waals surface area (Å²) in [5, 5.41) is 18.0. The van der Waals surface area contributed by atoms with Crippen molar-refractivity contribution in [3.63, 3.8) is 0 Å². The summed E-state index contributed by atoms with van der Waals surface area (Å²) in [5.74, 6) is 1.80. The smallest absolute Gasteiger partial charge is 0.228 e. The molecule has 1 saturated heterocycles. The molecule has 1 aliphatic rings. The van der Waals surface area contributed by atoms with E-state index in [0.29, 0.717) is 54.8 Å². The van der Waals surface area contributed by atoms with Crippen molar-refractivity contribution in [2.75, 3.05) is 30.4 Å². The lowest BCUT2D eigenvalue weighted by atomic mass is 9.96. The van der Waals surface area contributed by atoms with Gasteiger partial charge in [-0.2, -0.15) is 15.0 Å². The van der Waals surface area contributed by atoms with Crippen molar-refractivity contribution in [1.29, 1.82) is 5.26 Å². The van der Waals surface area contributed by atoms with Gasteiger partial charge in [0, 0.05) is 35.8 Å². The lowest BCUT2D eigenvalue weighted by molar-refractivity contribution is -0.120. The van der Waals surface area contributed by atoms with Gasteiger partial charge in [0.15, 0.2) is 11.6 Å². The third kappa shape index (κ3) is 4.68. The van der Waals surface area contributed by atoms with E-state index in [-0.39, 0.29) is 17.4 Å². The van der Waals surface area contributed by atoms with Gasteiger partial charge in [0.25, 0.3) is 0 Å². The van der Waals surface area contributed by atoms with Crippen LogP contribution in [0.1, 0.15) is 35.4 Å². The normalized spacial score (nSPS) is 14.0. The fourth-order valence-corrected chi connectivity index (χ4v) is 4.78. The van der Waals surface area contributed by atoms with Crippen LogP contribution in [0.25, 0.3) is 16.7 Å². The highest BCUT2D eigenvalue weighted by Crippen LogP contribution is 2.30. The Morgan fingerprint density at radius 2 is 1.84 bits per heavy atom. The molecule has 37 heavy (non-hydrogen) atoms. The van der Waals surface area contributed by atoms with Gasteiger partial charge in [0.2, 0.25) is 11.9 Å². The number of nitrogens with one attached hydrogen (secondary N) is 1. The van der Waals surface area contributed by atoms with Crippen LogP contribution in [0.4, 0.5) is 11.8 Å². The number of rotatable bonds is 5. The number of carbonyl (C=O) groups is 1. The molecule has 0 aliphatic carbocycles. The molecule has 0 spiro atoms. The maximum absolute atomic E-state index is 13.3. The molecule has 0 unspecified atom stereocenters. The summed E-state index contributed by atoms with van der Waals surface area (Å²) in [6.45, 7) is 7.24. The molecule has 1 aromatic carbocycles. The second kappa shape index (κ2) is 9.85. The summed E-state index contributed by atoms with van der Waals surface area (Å²) in [5.41, 5.74) is 3.79. The van der Waals surface area contributed by atoms with E-state index in [2.05, 4.69) is 31.4 Å². The van der Waals surface area contributed by atoms with Gasteiger partial charge in [-0.25, -0.2) is 15.0 Å². The molecule has 0 saturated carbocycles. The fourth-order valence-electron chi connectivity index (χ4n) is 4.78. The number of aryl methyl sites for hydroxylation is 3. The molecule has 0 radical (unpaired) electrons. The first-order chi connectivity index (χ1) is 17.9. The summed E-state index contributed by atoms with van der Waals surface area (Å²) >= 11 is 0. The quantitative estimate of drug-likeness (QED) is 0.442. The van der Waals surface area contributed by atoms with Crippen LogP contribution >= 0.6 is 0 Å². The van der Waals surface area contributed by atoms with Gasteiger partial charge in [0.1, 0.15) is 22.9 Å². The zero-order valence-corrected chi connectivity index (χ0v) is 21.3. The number of anilines is 2. The van der Waals surface area contributed by atoms with Gasteiger partial charge < -0.3 is 15.0 Å². The Balaban J connectivity index is 1.38. The third-order valence-corrected chi connectivity index (χ3v) is 6.68. The van der Waals surface area contributed by atoms with Gasteiger partial charge >= 0.3 is 0 Å². The Kier molecular flexibility index (Phi) is 6.44. The molecule has 0 atom stereocenters. The zero-order chi connectivity index (χ0) is 26.1. The molecular weight excluding hydrogens is 468 g/mol. The van der Waals surface area contributed by atoms with E-state index in [1.807, 2.05) is 51.1 Å². The Labute approximate surface area is 214 Å². The zero-order valence-electron chi connectivity index (χ0n) is 21.3. The molecule has 4 aromatic rings. The van der Waals surface area contributed by atoms with Gasteiger partial charge in [-0.15, -0.1) is 0 Å². The monoisotopic (exact) mass is 496 g/mol. The SMILES string of the molecule is COc1cccc2c(C)cc(-n3ncc(C#N)c3NC(=O)C3CCN(c4nc(C)cc(C)n4)CC3)nc12. The molecule has 3 aromatic heterocycles. The average Bonchev–Trinajstić information content (AvgIpc) is 3.30. The summed E-state index contributed by atoms with van der Waals surface area (Å²) in [6.07, 6.45) is 2.75. The van der Waals surface area contributed by atoms with E-state index in [9.17, 15) is 10.1 Å². The maximum Gasteiger partial charge on any atom is 0.228 e. The highest BCUT2D eigenvalue weighted by Gasteiger charge is 2.28. The predicted octanol–water partition coefficient (Wildman–Crippen LogP) is 3.87. The Morgan fingerprint density at radius 1 is 1.11 bits per heavy atom.